The van der Waals surface area contributed by atoms with Crippen LogP contribution in [0.1, 0.15) is 23.6 Å². The number of hydrogen-bond donors (Lipinski definition) is 2. The molecule has 0 aliphatic carbocycles. The lowest BCUT2D eigenvalue weighted by atomic mass is 9.80. The van der Waals surface area contributed by atoms with Crippen molar-refractivity contribution in [2.24, 2.45) is 4.99 Å². The Morgan fingerprint density at radius 3 is 1.91 bits per heavy atom. The number of ether oxygens (including phenoxy) is 2. The van der Waals surface area contributed by atoms with E-state index in [4.69, 9.17) is 9.47 Å². The van der Waals surface area contributed by atoms with E-state index in [1.54, 1.807) is 55.5 Å². The Kier molecular flexibility index (Phi) is 7.31. The molecule has 0 aliphatic rings. The summed E-state index contributed by atoms with van der Waals surface area (Å²) in [5, 5.41) is 45.0. The first-order valence-electron chi connectivity index (χ1n) is 10.3. The number of aliphatic hydroxyl groups is 1. The maximum absolute atomic E-state index is 12.1. The summed E-state index contributed by atoms with van der Waals surface area (Å²) in [5.74, 6) is -0.0387. The highest BCUT2D eigenvalue weighted by atomic mass is 16.6. The van der Waals surface area contributed by atoms with Gasteiger partial charge in [-0.05, 0) is 19.1 Å². The number of hydrogen-bond acceptors (Lipinski definition) is 9. The molecule has 0 bridgehead atoms. The normalized spacial score (nSPS) is 12.3. The molecule has 182 valence electrons. The van der Waals surface area contributed by atoms with E-state index in [0.29, 0.717) is 28.7 Å². The Morgan fingerprint density at radius 2 is 1.46 bits per heavy atom. The maximum atomic E-state index is 12.1. The fraction of sp³-hybridized carbons (Fsp3) is 0.208. The van der Waals surface area contributed by atoms with Gasteiger partial charge in [0.25, 0.3) is 5.69 Å². The van der Waals surface area contributed by atoms with Crippen LogP contribution in [0.5, 0.6) is 17.2 Å². The van der Waals surface area contributed by atoms with Crippen LogP contribution in [-0.4, -0.2) is 46.5 Å². The zero-order valence-corrected chi connectivity index (χ0v) is 19.1. The molecule has 35 heavy (non-hydrogen) atoms. The molecular weight excluding hydrogens is 458 g/mol. The van der Waals surface area contributed by atoms with Gasteiger partial charge in [0, 0.05) is 29.0 Å². The van der Waals surface area contributed by atoms with Crippen molar-refractivity contribution in [2.75, 3.05) is 14.2 Å². The molecule has 0 heterocycles. The second kappa shape index (κ2) is 10.2. The van der Waals surface area contributed by atoms with Crippen molar-refractivity contribution in [2.45, 2.75) is 18.6 Å². The molecule has 1 atom stereocenters. The number of aliphatic imine (C=N–C) groups is 1. The van der Waals surface area contributed by atoms with Gasteiger partial charge in [0.1, 0.15) is 17.1 Å². The van der Waals surface area contributed by atoms with Gasteiger partial charge < -0.3 is 19.7 Å². The maximum Gasteiger partial charge on any atom is 0.318 e. The first-order valence-corrected chi connectivity index (χ1v) is 10.3. The van der Waals surface area contributed by atoms with Gasteiger partial charge in [-0.15, -0.1) is 0 Å². The Balaban J connectivity index is 2.20. The summed E-state index contributed by atoms with van der Waals surface area (Å²) >= 11 is 0. The van der Waals surface area contributed by atoms with Gasteiger partial charge in [0.2, 0.25) is 5.75 Å². The van der Waals surface area contributed by atoms with Gasteiger partial charge >= 0.3 is 5.69 Å². The van der Waals surface area contributed by atoms with Crippen molar-refractivity contribution in [3.8, 4) is 17.2 Å². The molecule has 0 amide bonds. The zero-order chi connectivity index (χ0) is 25.8. The molecule has 0 aromatic heterocycles. The average Bonchev–Trinajstić information content (AvgIpc) is 2.86. The van der Waals surface area contributed by atoms with Gasteiger partial charge in [0.15, 0.2) is 0 Å². The van der Waals surface area contributed by atoms with E-state index in [9.17, 15) is 30.4 Å². The molecule has 3 aromatic carbocycles. The number of benzene rings is 3. The predicted molar refractivity (Wildman–Crippen MR) is 127 cm³/mol. The van der Waals surface area contributed by atoms with Crippen LogP contribution in [0, 0.1) is 20.2 Å². The lowest BCUT2D eigenvalue weighted by Gasteiger charge is -2.35. The second-order valence-corrected chi connectivity index (χ2v) is 7.54. The number of nitro benzene ring substituents is 2. The molecule has 3 aromatic rings. The lowest BCUT2D eigenvalue weighted by Crippen LogP contribution is -2.38. The summed E-state index contributed by atoms with van der Waals surface area (Å²) < 4.78 is 10.9. The van der Waals surface area contributed by atoms with Gasteiger partial charge in [-0.1, -0.05) is 36.4 Å². The summed E-state index contributed by atoms with van der Waals surface area (Å²) in [5.41, 5.74) is -2.76. The number of nitro groups is 2. The van der Waals surface area contributed by atoms with E-state index in [1.165, 1.54) is 14.2 Å². The minimum Gasteiger partial charge on any atom is -0.502 e. The van der Waals surface area contributed by atoms with Gasteiger partial charge in [-0.2, -0.15) is 0 Å². The van der Waals surface area contributed by atoms with Crippen LogP contribution in [0.4, 0.5) is 11.4 Å². The quantitative estimate of drug-likeness (QED) is 0.264. The molecule has 0 aliphatic heterocycles. The molecule has 0 saturated carbocycles. The molecule has 0 unspecified atom stereocenters. The van der Waals surface area contributed by atoms with Gasteiger partial charge in [0.05, 0.1) is 36.2 Å². The summed E-state index contributed by atoms with van der Waals surface area (Å²) in [6, 6.07) is 14.2. The van der Waals surface area contributed by atoms with Crippen molar-refractivity contribution < 1.29 is 29.5 Å². The van der Waals surface area contributed by atoms with Gasteiger partial charge in [-0.3, -0.25) is 25.2 Å². The van der Waals surface area contributed by atoms with Gasteiger partial charge in [-0.25, -0.2) is 0 Å². The zero-order valence-electron chi connectivity index (χ0n) is 19.1. The number of phenols is 1. The molecule has 3 rings (SSSR count). The highest BCUT2D eigenvalue weighted by Gasteiger charge is 2.42. The summed E-state index contributed by atoms with van der Waals surface area (Å²) in [4.78, 5) is 25.1. The molecule has 11 heteroatoms. The number of aromatic hydroxyl groups is 1. The average molecular weight is 481 g/mol. The molecular formula is C24H23N3O8. The number of nitrogens with zero attached hydrogens (tertiary/aromatic N) is 3. The molecule has 11 nitrogen and oxygen atoms in total. The molecule has 0 fully saturated rings. The van der Waals surface area contributed by atoms with E-state index >= 15 is 0 Å². The van der Waals surface area contributed by atoms with Crippen molar-refractivity contribution in [1.82, 2.24) is 0 Å². The first kappa shape index (κ1) is 25.1. The van der Waals surface area contributed by atoms with E-state index in [-0.39, 0.29) is 5.56 Å². The van der Waals surface area contributed by atoms with E-state index in [1.807, 2.05) is 0 Å². The highest BCUT2D eigenvalue weighted by molar-refractivity contribution is 5.87. The number of phenolic OH excluding ortho intramolecular Hbond substituents is 1. The van der Waals surface area contributed by atoms with E-state index in [2.05, 4.69) is 4.99 Å². The van der Waals surface area contributed by atoms with Crippen molar-refractivity contribution in [3.63, 3.8) is 0 Å². The third-order valence-electron chi connectivity index (χ3n) is 5.59. The third-order valence-corrected chi connectivity index (χ3v) is 5.59. The monoisotopic (exact) mass is 481 g/mol. The van der Waals surface area contributed by atoms with Crippen LogP contribution in [0.3, 0.4) is 0 Å². The highest BCUT2D eigenvalue weighted by Crippen LogP contribution is 2.43. The Hall–Kier alpha value is -4.51. The Bertz CT molecular complexity index is 1240. The lowest BCUT2D eigenvalue weighted by molar-refractivity contribution is -0.394. The van der Waals surface area contributed by atoms with E-state index in [0.717, 1.165) is 12.3 Å². The Labute approximate surface area is 200 Å². The van der Waals surface area contributed by atoms with Crippen LogP contribution >= 0.6 is 0 Å². The molecule has 0 spiro atoms. The minimum atomic E-state index is -1.82. The Morgan fingerprint density at radius 1 is 0.943 bits per heavy atom. The smallest absolute Gasteiger partial charge is 0.318 e. The van der Waals surface area contributed by atoms with Crippen LogP contribution in [0.2, 0.25) is 0 Å². The van der Waals surface area contributed by atoms with Crippen molar-refractivity contribution in [3.05, 3.63) is 97.6 Å². The largest absolute Gasteiger partial charge is 0.502 e. The fourth-order valence-corrected chi connectivity index (χ4v) is 3.78. The summed E-state index contributed by atoms with van der Waals surface area (Å²) in [6.45, 7) is 1.58. The van der Waals surface area contributed by atoms with Crippen LogP contribution < -0.4 is 9.47 Å². The summed E-state index contributed by atoms with van der Waals surface area (Å²) in [7, 11) is 2.91. The van der Waals surface area contributed by atoms with Crippen molar-refractivity contribution in [1.29, 1.82) is 0 Å². The number of para-hydroxylation sites is 2. The van der Waals surface area contributed by atoms with Crippen LogP contribution in [0.25, 0.3) is 0 Å². The first-order chi connectivity index (χ1) is 16.6. The minimum absolute atomic E-state index is 0.250. The topological polar surface area (TPSA) is 158 Å². The number of methoxy groups -OCH3 is 2. The SMILES string of the molecule is COc1ccccc1C(O)(c1ccccc1OC)[C@@H](C)N=Cc1cc([N+](=O)[O-])cc([N+](=O)[O-])c1O. The second-order valence-electron chi connectivity index (χ2n) is 7.54. The number of non-ortho nitro benzene ring substituents is 1. The standard InChI is InChI=1S/C24H23N3O8/c1-15(25-14-16-12-17(26(30)31)13-20(23(16)28)27(32)33)24(29,18-8-4-6-10-21(18)34-2)19-9-5-7-11-22(19)35-3/h4-15,28-29H,1-3H3/t15-/m1/s1. The fourth-order valence-electron chi connectivity index (χ4n) is 3.78. The van der Waals surface area contributed by atoms with Crippen LogP contribution in [0.15, 0.2) is 65.7 Å². The third kappa shape index (κ3) is 4.75. The molecule has 2 N–H and O–H groups in total. The predicted octanol–water partition coefficient (Wildman–Crippen LogP) is 3.97. The van der Waals surface area contributed by atoms with E-state index < -0.39 is 38.6 Å². The number of rotatable bonds is 9. The molecule has 0 saturated heterocycles. The summed E-state index contributed by atoms with van der Waals surface area (Å²) in [6.07, 6.45) is 1.05. The van der Waals surface area contributed by atoms with Crippen LogP contribution in [-0.2, 0) is 5.60 Å². The molecule has 0 radical (unpaired) electrons. The van der Waals surface area contributed by atoms with Crippen molar-refractivity contribution >= 4 is 17.6 Å².